The summed E-state index contributed by atoms with van der Waals surface area (Å²) in [6, 6.07) is 19.0. The smallest absolute Gasteiger partial charge is 0.262 e. The van der Waals surface area contributed by atoms with Crippen LogP contribution in [0.25, 0.3) is 22.0 Å². The van der Waals surface area contributed by atoms with Crippen molar-refractivity contribution >= 4 is 16.8 Å². The first kappa shape index (κ1) is 15.8. The van der Waals surface area contributed by atoms with Gasteiger partial charge in [0.25, 0.3) is 5.91 Å². The molecule has 0 aliphatic carbocycles. The molecule has 4 heteroatoms. The number of carbonyl (C=O) groups excluding carboxylic acids is 1. The molecule has 124 valence electrons. The van der Waals surface area contributed by atoms with Gasteiger partial charge in [0.2, 0.25) is 0 Å². The predicted molar refractivity (Wildman–Crippen MR) is 101 cm³/mol. The molecule has 0 radical (unpaired) electrons. The second kappa shape index (κ2) is 6.30. The zero-order valence-electron chi connectivity index (χ0n) is 14.2. The fraction of sp³-hybridized carbons (Fsp3) is 0.0455. The topological polar surface area (TPSA) is 58.7 Å². The Balaban J connectivity index is 1.84. The van der Waals surface area contributed by atoms with Gasteiger partial charge in [0.05, 0.1) is 23.3 Å². The maximum atomic E-state index is 13.0. The summed E-state index contributed by atoms with van der Waals surface area (Å²) in [7, 11) is 0. The van der Waals surface area contributed by atoms with E-state index < -0.39 is 0 Å². The molecular weight excluding hydrogens is 322 g/mol. The molecular formula is C22H15N3O. The SMILES string of the molecule is Cc1ccccc1C(=O)n1ccc2c(-c3ccc(C#N)cc3)cncc21. The molecule has 2 aromatic carbocycles. The molecule has 4 nitrogen and oxygen atoms in total. The molecule has 0 spiro atoms. The van der Waals surface area contributed by atoms with Gasteiger partial charge in [-0.3, -0.25) is 14.3 Å². The molecule has 4 rings (SSSR count). The van der Waals surface area contributed by atoms with Crippen molar-refractivity contribution in [1.29, 1.82) is 5.26 Å². The van der Waals surface area contributed by atoms with Crippen LogP contribution < -0.4 is 0 Å². The van der Waals surface area contributed by atoms with Crippen LogP contribution in [-0.2, 0) is 0 Å². The number of fused-ring (bicyclic) bond motifs is 1. The van der Waals surface area contributed by atoms with Crippen molar-refractivity contribution in [1.82, 2.24) is 9.55 Å². The minimum atomic E-state index is -0.0723. The average Bonchev–Trinajstić information content (AvgIpc) is 3.12. The largest absolute Gasteiger partial charge is 0.282 e. The lowest BCUT2D eigenvalue weighted by atomic mass is 10.0. The molecule has 0 bridgehead atoms. The second-order valence-corrected chi connectivity index (χ2v) is 6.11. The third kappa shape index (κ3) is 2.56. The minimum Gasteiger partial charge on any atom is -0.282 e. The van der Waals surface area contributed by atoms with Crippen molar-refractivity contribution in [2.24, 2.45) is 0 Å². The number of carbonyl (C=O) groups is 1. The highest BCUT2D eigenvalue weighted by atomic mass is 16.2. The van der Waals surface area contributed by atoms with Crippen LogP contribution >= 0.6 is 0 Å². The van der Waals surface area contributed by atoms with E-state index in [1.807, 2.05) is 49.4 Å². The van der Waals surface area contributed by atoms with Gasteiger partial charge in [-0.2, -0.15) is 5.26 Å². The Morgan fingerprint density at radius 2 is 1.81 bits per heavy atom. The fourth-order valence-electron chi connectivity index (χ4n) is 3.13. The number of nitriles is 1. The monoisotopic (exact) mass is 337 g/mol. The van der Waals surface area contributed by atoms with E-state index in [1.165, 1.54) is 0 Å². The third-order valence-electron chi connectivity index (χ3n) is 4.54. The van der Waals surface area contributed by atoms with Gasteiger partial charge in [0, 0.05) is 28.9 Å². The number of aromatic nitrogens is 2. The average molecular weight is 337 g/mol. The predicted octanol–water partition coefficient (Wildman–Crippen LogP) is 4.57. The minimum absolute atomic E-state index is 0.0723. The Morgan fingerprint density at radius 3 is 2.54 bits per heavy atom. The molecule has 0 saturated carbocycles. The Kier molecular flexibility index (Phi) is 3.83. The van der Waals surface area contributed by atoms with E-state index in [1.54, 1.807) is 35.3 Å². The maximum absolute atomic E-state index is 13.0. The van der Waals surface area contributed by atoms with E-state index in [0.29, 0.717) is 11.1 Å². The van der Waals surface area contributed by atoms with Gasteiger partial charge in [0.1, 0.15) is 0 Å². The summed E-state index contributed by atoms with van der Waals surface area (Å²) in [5, 5.41) is 9.91. The Morgan fingerprint density at radius 1 is 1.04 bits per heavy atom. The van der Waals surface area contributed by atoms with Crippen molar-refractivity contribution < 1.29 is 4.79 Å². The van der Waals surface area contributed by atoms with Gasteiger partial charge in [-0.15, -0.1) is 0 Å². The lowest BCUT2D eigenvalue weighted by molar-refractivity contribution is 0.0964. The Labute approximate surface area is 151 Å². The van der Waals surface area contributed by atoms with Crippen LogP contribution in [0.2, 0.25) is 0 Å². The number of nitrogens with zero attached hydrogens (tertiary/aromatic N) is 3. The van der Waals surface area contributed by atoms with E-state index in [2.05, 4.69) is 11.1 Å². The maximum Gasteiger partial charge on any atom is 0.262 e. The summed E-state index contributed by atoms with van der Waals surface area (Å²) in [6.45, 7) is 1.93. The first-order valence-electron chi connectivity index (χ1n) is 8.25. The molecule has 2 heterocycles. The summed E-state index contributed by atoms with van der Waals surface area (Å²) in [5.74, 6) is -0.0723. The van der Waals surface area contributed by atoms with E-state index in [4.69, 9.17) is 5.26 Å². The van der Waals surface area contributed by atoms with Crippen LogP contribution in [0.4, 0.5) is 0 Å². The molecule has 0 aliphatic heterocycles. The molecule has 0 aliphatic rings. The lowest BCUT2D eigenvalue weighted by Gasteiger charge is -2.08. The number of aryl methyl sites for hydroxylation is 1. The van der Waals surface area contributed by atoms with Crippen LogP contribution in [0.15, 0.2) is 73.2 Å². The highest BCUT2D eigenvalue weighted by Gasteiger charge is 2.15. The quantitative estimate of drug-likeness (QED) is 0.538. The highest BCUT2D eigenvalue weighted by molar-refractivity contribution is 6.05. The first-order chi connectivity index (χ1) is 12.7. The molecule has 2 aromatic heterocycles. The van der Waals surface area contributed by atoms with Crippen molar-refractivity contribution in [3.63, 3.8) is 0 Å². The molecule has 4 aromatic rings. The summed E-state index contributed by atoms with van der Waals surface area (Å²) in [5.41, 5.74) is 4.89. The van der Waals surface area contributed by atoms with E-state index in [9.17, 15) is 4.79 Å². The molecule has 0 atom stereocenters. The Bertz CT molecular complexity index is 1160. The molecule has 0 N–H and O–H groups in total. The third-order valence-corrected chi connectivity index (χ3v) is 4.54. The van der Waals surface area contributed by atoms with Crippen molar-refractivity contribution in [3.8, 4) is 17.2 Å². The van der Waals surface area contributed by atoms with E-state index in [0.717, 1.165) is 27.6 Å². The number of pyridine rings is 1. The number of hydrogen-bond acceptors (Lipinski definition) is 3. The van der Waals surface area contributed by atoms with E-state index in [-0.39, 0.29) is 5.91 Å². The van der Waals surface area contributed by atoms with Crippen LogP contribution in [-0.4, -0.2) is 15.5 Å². The molecule has 0 amide bonds. The summed E-state index contributed by atoms with van der Waals surface area (Å²) < 4.78 is 1.64. The van der Waals surface area contributed by atoms with Crippen LogP contribution in [0.3, 0.4) is 0 Å². The summed E-state index contributed by atoms with van der Waals surface area (Å²) in [4.78, 5) is 17.3. The van der Waals surface area contributed by atoms with E-state index >= 15 is 0 Å². The first-order valence-corrected chi connectivity index (χ1v) is 8.25. The standard InChI is InChI=1S/C22H15N3O/c1-15-4-2-3-5-18(15)22(26)25-11-10-19-20(13-24-14-21(19)25)17-8-6-16(12-23)7-9-17/h2-11,13-14H,1H3. The number of rotatable bonds is 2. The normalized spacial score (nSPS) is 10.6. The number of benzene rings is 2. The number of hydrogen-bond donors (Lipinski definition) is 0. The van der Waals surface area contributed by atoms with Crippen molar-refractivity contribution in [2.75, 3.05) is 0 Å². The molecule has 26 heavy (non-hydrogen) atoms. The zero-order chi connectivity index (χ0) is 18.1. The van der Waals surface area contributed by atoms with Crippen molar-refractivity contribution in [3.05, 3.63) is 89.9 Å². The van der Waals surface area contributed by atoms with Gasteiger partial charge in [-0.25, -0.2) is 0 Å². The Hall–Kier alpha value is -3.71. The van der Waals surface area contributed by atoms with Crippen LogP contribution in [0.1, 0.15) is 21.5 Å². The van der Waals surface area contributed by atoms with Gasteiger partial charge in [-0.05, 0) is 42.3 Å². The molecule has 0 unspecified atom stereocenters. The van der Waals surface area contributed by atoms with Crippen LogP contribution in [0, 0.1) is 18.3 Å². The molecule has 0 fully saturated rings. The lowest BCUT2D eigenvalue weighted by Crippen LogP contribution is -2.12. The zero-order valence-corrected chi connectivity index (χ0v) is 14.2. The second-order valence-electron chi connectivity index (χ2n) is 6.11. The summed E-state index contributed by atoms with van der Waals surface area (Å²) in [6.07, 6.45) is 5.28. The van der Waals surface area contributed by atoms with Gasteiger partial charge >= 0.3 is 0 Å². The highest BCUT2D eigenvalue weighted by Crippen LogP contribution is 2.29. The summed E-state index contributed by atoms with van der Waals surface area (Å²) >= 11 is 0. The van der Waals surface area contributed by atoms with Gasteiger partial charge in [-0.1, -0.05) is 30.3 Å². The molecule has 0 saturated heterocycles. The fourth-order valence-corrected chi connectivity index (χ4v) is 3.13. The van der Waals surface area contributed by atoms with Crippen LogP contribution in [0.5, 0.6) is 0 Å². The van der Waals surface area contributed by atoms with Gasteiger partial charge in [0.15, 0.2) is 0 Å². The van der Waals surface area contributed by atoms with Crippen molar-refractivity contribution in [2.45, 2.75) is 6.92 Å². The van der Waals surface area contributed by atoms with Gasteiger partial charge < -0.3 is 0 Å².